The van der Waals surface area contributed by atoms with E-state index in [1.54, 1.807) is 13.8 Å². The summed E-state index contributed by atoms with van der Waals surface area (Å²) in [6.07, 6.45) is 21.7. The highest BCUT2D eigenvalue weighted by Gasteiger charge is 2.32. The molecule has 32 heavy (non-hydrogen) atoms. The predicted octanol–water partition coefficient (Wildman–Crippen LogP) is 7.52. The van der Waals surface area contributed by atoms with Crippen molar-refractivity contribution in [1.29, 1.82) is 0 Å². The fourth-order valence-corrected chi connectivity index (χ4v) is 3.58. The molecule has 0 heterocycles. The standard InChI is InChI=1S/C18H37NO.C7H15NO3.H3N/c1-2-3-4-5-6-7-8-9-10-11-12-13-14-15-16-17-18(19)20;1-4-5-7(3,6(2)9)11-8-10;/h2-17H2,1H3,(H2,19,20);6,9H,4-5H2,1-3H3;1H3. The van der Waals surface area contributed by atoms with Crippen LogP contribution in [-0.2, 0) is 9.63 Å². The van der Waals surface area contributed by atoms with Crippen LogP contribution in [0.25, 0.3) is 0 Å². The Kier molecular flexibility index (Phi) is 28.8. The molecule has 0 radical (unpaired) electrons. The first-order valence-corrected chi connectivity index (χ1v) is 12.8. The van der Waals surface area contributed by atoms with Crippen LogP contribution in [0.4, 0.5) is 0 Å². The maximum Gasteiger partial charge on any atom is 0.217 e. The Balaban J connectivity index is -0.000000597. The normalized spacial score (nSPS) is 13.2. The third kappa shape index (κ3) is 25.1. The fraction of sp³-hybridized carbons (Fsp3) is 0.960. The summed E-state index contributed by atoms with van der Waals surface area (Å²) in [5, 5.41) is 11.5. The number of hydrogen-bond acceptors (Lipinski definition) is 6. The molecule has 0 aliphatic heterocycles. The van der Waals surface area contributed by atoms with Gasteiger partial charge in [0, 0.05) is 6.42 Å². The lowest BCUT2D eigenvalue weighted by molar-refractivity contribution is -0.118. The van der Waals surface area contributed by atoms with Crippen LogP contribution in [0.5, 0.6) is 0 Å². The van der Waals surface area contributed by atoms with E-state index in [1.807, 2.05) is 6.92 Å². The van der Waals surface area contributed by atoms with E-state index < -0.39 is 11.7 Å². The molecule has 6 N–H and O–H groups in total. The molecule has 2 unspecified atom stereocenters. The number of nitrogens with two attached hydrogens (primary N) is 1. The van der Waals surface area contributed by atoms with Gasteiger partial charge in [-0.1, -0.05) is 110 Å². The number of aliphatic hydroxyl groups excluding tert-OH is 1. The lowest BCUT2D eigenvalue weighted by Gasteiger charge is -2.27. The van der Waals surface area contributed by atoms with E-state index >= 15 is 0 Å². The Morgan fingerprint density at radius 1 is 0.844 bits per heavy atom. The Hall–Kier alpha value is -1.21. The van der Waals surface area contributed by atoms with Crippen LogP contribution in [0.3, 0.4) is 0 Å². The van der Waals surface area contributed by atoms with Gasteiger partial charge in [-0.15, -0.1) is 4.91 Å². The summed E-state index contributed by atoms with van der Waals surface area (Å²) in [5.74, 6) is -0.153. The third-order valence-corrected chi connectivity index (χ3v) is 5.90. The van der Waals surface area contributed by atoms with Crippen LogP contribution in [0.1, 0.15) is 143 Å². The molecule has 194 valence electrons. The number of carbonyl (C=O) groups is 1. The summed E-state index contributed by atoms with van der Waals surface area (Å²) in [4.78, 5) is 24.9. The van der Waals surface area contributed by atoms with Gasteiger partial charge in [0.05, 0.1) is 6.10 Å². The van der Waals surface area contributed by atoms with Crippen molar-refractivity contribution < 1.29 is 14.7 Å². The molecule has 0 aromatic carbocycles. The molecule has 7 nitrogen and oxygen atoms in total. The van der Waals surface area contributed by atoms with E-state index in [1.165, 1.54) is 89.9 Å². The molecule has 0 aliphatic rings. The summed E-state index contributed by atoms with van der Waals surface area (Å²) in [6, 6.07) is 0. The van der Waals surface area contributed by atoms with E-state index in [0.29, 0.717) is 12.8 Å². The van der Waals surface area contributed by atoms with Crippen LogP contribution in [0, 0.1) is 4.91 Å². The maximum absolute atomic E-state index is 10.6. The van der Waals surface area contributed by atoms with E-state index in [9.17, 15) is 14.8 Å². The summed E-state index contributed by atoms with van der Waals surface area (Å²) < 4.78 is 0. The van der Waals surface area contributed by atoms with Gasteiger partial charge < -0.3 is 21.8 Å². The number of rotatable bonds is 21. The molecule has 1 amide bonds. The minimum absolute atomic E-state index is 0. The van der Waals surface area contributed by atoms with Gasteiger partial charge in [-0.2, -0.15) is 0 Å². The second kappa shape index (κ2) is 26.0. The summed E-state index contributed by atoms with van der Waals surface area (Å²) in [5.41, 5.74) is 4.28. The lowest BCUT2D eigenvalue weighted by atomic mass is 9.95. The van der Waals surface area contributed by atoms with Gasteiger partial charge in [0.2, 0.25) is 5.91 Å². The number of nitrogens with zero attached hydrogens (tertiary/aromatic N) is 1. The van der Waals surface area contributed by atoms with Crippen molar-refractivity contribution in [2.75, 3.05) is 0 Å². The molecule has 0 fully saturated rings. The van der Waals surface area contributed by atoms with Crippen molar-refractivity contribution in [1.82, 2.24) is 6.15 Å². The number of aliphatic hydroxyl groups is 1. The van der Waals surface area contributed by atoms with Gasteiger partial charge in [-0.05, 0) is 26.7 Å². The molecule has 2 atom stereocenters. The monoisotopic (exact) mass is 461 g/mol. The first-order chi connectivity index (χ1) is 14.8. The Morgan fingerprint density at radius 3 is 1.50 bits per heavy atom. The molecule has 0 aromatic rings. The highest BCUT2D eigenvalue weighted by atomic mass is 16.7. The van der Waals surface area contributed by atoms with Crippen LogP contribution in [-0.4, -0.2) is 22.7 Å². The van der Waals surface area contributed by atoms with Gasteiger partial charge >= 0.3 is 0 Å². The minimum atomic E-state index is -0.823. The third-order valence-electron chi connectivity index (χ3n) is 5.90. The van der Waals surface area contributed by atoms with Gasteiger partial charge in [0.1, 0.15) is 0 Å². The largest absolute Gasteiger partial charge is 0.389 e. The van der Waals surface area contributed by atoms with Crippen molar-refractivity contribution in [3.05, 3.63) is 4.91 Å². The summed E-state index contributed by atoms with van der Waals surface area (Å²) in [6.45, 7) is 7.48. The molecular formula is C25H55N3O4. The Labute approximate surface area is 198 Å². The van der Waals surface area contributed by atoms with Crippen molar-refractivity contribution in [2.45, 2.75) is 155 Å². The lowest BCUT2D eigenvalue weighted by Crippen LogP contribution is -2.38. The smallest absolute Gasteiger partial charge is 0.217 e. The van der Waals surface area contributed by atoms with Crippen molar-refractivity contribution in [3.63, 3.8) is 0 Å². The highest BCUT2D eigenvalue weighted by Crippen LogP contribution is 2.22. The molecule has 0 rings (SSSR count). The number of hydrogen-bond donors (Lipinski definition) is 3. The molecule has 0 aliphatic carbocycles. The van der Waals surface area contributed by atoms with E-state index in [2.05, 4.69) is 17.1 Å². The fourth-order valence-electron chi connectivity index (χ4n) is 3.58. The second-order valence-corrected chi connectivity index (χ2v) is 9.07. The molecule has 0 spiro atoms. The van der Waals surface area contributed by atoms with E-state index in [0.717, 1.165) is 12.8 Å². The Bertz CT molecular complexity index is 409. The minimum Gasteiger partial charge on any atom is -0.389 e. The van der Waals surface area contributed by atoms with Crippen LogP contribution in [0.15, 0.2) is 5.34 Å². The van der Waals surface area contributed by atoms with Gasteiger partial charge in [-0.3, -0.25) is 4.79 Å². The zero-order valence-corrected chi connectivity index (χ0v) is 21.7. The van der Waals surface area contributed by atoms with Crippen molar-refractivity contribution in [2.24, 2.45) is 11.1 Å². The molecular weight excluding hydrogens is 406 g/mol. The highest BCUT2D eigenvalue weighted by molar-refractivity contribution is 5.73. The Morgan fingerprint density at radius 2 is 1.22 bits per heavy atom. The zero-order chi connectivity index (χ0) is 23.8. The van der Waals surface area contributed by atoms with Crippen LogP contribution < -0.4 is 11.9 Å². The van der Waals surface area contributed by atoms with Gasteiger partial charge in [0.15, 0.2) is 10.9 Å². The average Bonchev–Trinajstić information content (AvgIpc) is 2.71. The number of amides is 1. The van der Waals surface area contributed by atoms with Gasteiger partial charge in [0.25, 0.3) is 0 Å². The molecule has 0 bridgehead atoms. The van der Waals surface area contributed by atoms with Crippen molar-refractivity contribution in [3.8, 4) is 0 Å². The first kappa shape index (κ1) is 35.4. The van der Waals surface area contributed by atoms with E-state index in [-0.39, 0.29) is 12.1 Å². The quantitative estimate of drug-likeness (QED) is 0.0921. The number of unbranched alkanes of at least 4 members (excludes halogenated alkanes) is 14. The molecule has 0 saturated heterocycles. The second-order valence-electron chi connectivity index (χ2n) is 9.07. The van der Waals surface area contributed by atoms with Crippen LogP contribution in [0.2, 0.25) is 0 Å². The molecule has 7 heteroatoms. The van der Waals surface area contributed by atoms with E-state index in [4.69, 9.17) is 5.73 Å². The SMILES string of the molecule is CCCC(C)(ON=O)C(C)O.CCCCCCCCCCCCCCCCCC(N)=O.N. The predicted molar refractivity (Wildman–Crippen MR) is 136 cm³/mol. The number of carbonyl (C=O) groups excluding carboxylic acids is 1. The summed E-state index contributed by atoms with van der Waals surface area (Å²) >= 11 is 0. The maximum atomic E-state index is 10.6. The number of primary amides is 1. The van der Waals surface area contributed by atoms with Gasteiger partial charge in [-0.25, -0.2) is 0 Å². The summed E-state index contributed by atoms with van der Waals surface area (Å²) in [7, 11) is 0. The van der Waals surface area contributed by atoms with Crippen molar-refractivity contribution >= 4 is 5.91 Å². The zero-order valence-electron chi connectivity index (χ0n) is 21.7. The van der Waals surface area contributed by atoms with Crippen LogP contribution >= 0.6 is 0 Å². The first-order valence-electron chi connectivity index (χ1n) is 12.8. The molecule has 0 saturated carbocycles. The topological polar surface area (TPSA) is 137 Å². The average molecular weight is 462 g/mol. The molecule has 0 aromatic heterocycles.